The fourth-order valence-corrected chi connectivity index (χ4v) is 5.21. The third-order valence-electron chi connectivity index (χ3n) is 5.62. The highest BCUT2D eigenvalue weighted by Gasteiger charge is 2.33. The number of anilines is 1. The van der Waals surface area contributed by atoms with E-state index in [4.69, 9.17) is 9.47 Å². The third kappa shape index (κ3) is 4.67. The van der Waals surface area contributed by atoms with E-state index in [1.165, 1.54) is 22.5 Å². The number of hydrogen-bond donors (Lipinski definition) is 1. The number of nitrogens with one attached hydrogen (secondary N) is 1. The van der Waals surface area contributed by atoms with Gasteiger partial charge in [-0.25, -0.2) is 12.8 Å². The Morgan fingerprint density at radius 2 is 1.77 bits per heavy atom. The second kappa shape index (κ2) is 8.84. The summed E-state index contributed by atoms with van der Waals surface area (Å²) in [7, 11) is -3.71. The van der Waals surface area contributed by atoms with Gasteiger partial charge in [0.15, 0.2) is 11.5 Å². The van der Waals surface area contributed by atoms with Gasteiger partial charge in [0.1, 0.15) is 5.82 Å². The molecule has 7 nitrogen and oxygen atoms in total. The summed E-state index contributed by atoms with van der Waals surface area (Å²) in [5.41, 5.74) is 0.904. The van der Waals surface area contributed by atoms with Gasteiger partial charge in [-0.15, -0.1) is 0 Å². The molecule has 0 unspecified atom stereocenters. The molecule has 0 atom stereocenters. The van der Waals surface area contributed by atoms with Gasteiger partial charge >= 0.3 is 0 Å². The van der Waals surface area contributed by atoms with Crippen molar-refractivity contribution in [2.45, 2.75) is 31.1 Å². The monoisotopic (exact) mass is 448 g/mol. The quantitative estimate of drug-likeness (QED) is 0.776. The zero-order chi connectivity index (χ0) is 22.0. The SMILES string of the molecule is Cc1ccc(NC(=O)C2CCN(S(=O)(=O)c3ccc4c(c3)OCCCO4)CC2)cc1F. The van der Waals surface area contributed by atoms with Crippen LogP contribution in [-0.2, 0) is 14.8 Å². The lowest BCUT2D eigenvalue weighted by atomic mass is 9.97. The van der Waals surface area contributed by atoms with Crippen molar-refractivity contribution in [3.63, 3.8) is 0 Å². The van der Waals surface area contributed by atoms with Crippen LogP contribution < -0.4 is 14.8 Å². The molecule has 2 aromatic carbocycles. The number of carbonyl (C=O) groups is 1. The normalized spacial score (nSPS) is 17.7. The smallest absolute Gasteiger partial charge is 0.243 e. The van der Waals surface area contributed by atoms with E-state index in [1.807, 2.05) is 0 Å². The van der Waals surface area contributed by atoms with Crippen LogP contribution in [0.15, 0.2) is 41.3 Å². The molecule has 1 fully saturated rings. The average Bonchev–Trinajstić information content (AvgIpc) is 3.01. The molecule has 0 aliphatic carbocycles. The number of halogens is 1. The van der Waals surface area contributed by atoms with E-state index >= 15 is 0 Å². The number of ether oxygens (including phenoxy) is 2. The van der Waals surface area contributed by atoms with E-state index in [9.17, 15) is 17.6 Å². The van der Waals surface area contributed by atoms with Gasteiger partial charge in [-0.2, -0.15) is 4.31 Å². The Labute approximate surface area is 181 Å². The highest BCUT2D eigenvalue weighted by molar-refractivity contribution is 7.89. The molecule has 166 valence electrons. The zero-order valence-electron chi connectivity index (χ0n) is 17.3. The Bertz CT molecular complexity index is 1080. The molecule has 31 heavy (non-hydrogen) atoms. The van der Waals surface area contributed by atoms with Crippen LogP contribution in [0.5, 0.6) is 11.5 Å². The molecule has 2 aliphatic heterocycles. The van der Waals surface area contributed by atoms with Crippen molar-refractivity contribution in [3.8, 4) is 11.5 Å². The van der Waals surface area contributed by atoms with Crippen molar-refractivity contribution in [2.24, 2.45) is 5.92 Å². The summed E-state index contributed by atoms with van der Waals surface area (Å²) in [6, 6.07) is 9.19. The van der Waals surface area contributed by atoms with Crippen LogP contribution in [0.25, 0.3) is 0 Å². The molecule has 9 heteroatoms. The summed E-state index contributed by atoms with van der Waals surface area (Å²) in [6.07, 6.45) is 1.52. The van der Waals surface area contributed by atoms with Gasteiger partial charge in [0.25, 0.3) is 0 Å². The van der Waals surface area contributed by atoms with E-state index in [0.29, 0.717) is 48.8 Å². The van der Waals surface area contributed by atoms with Crippen LogP contribution in [0.4, 0.5) is 10.1 Å². The number of rotatable bonds is 4. The number of fused-ring (bicyclic) bond motifs is 1. The van der Waals surface area contributed by atoms with E-state index in [0.717, 1.165) is 6.42 Å². The number of carbonyl (C=O) groups excluding carboxylic acids is 1. The van der Waals surface area contributed by atoms with Gasteiger partial charge in [0.2, 0.25) is 15.9 Å². The Balaban J connectivity index is 1.40. The Hall–Kier alpha value is -2.65. The molecule has 4 rings (SSSR count). The second-order valence-corrected chi connectivity index (χ2v) is 9.73. The molecule has 0 aromatic heterocycles. The van der Waals surface area contributed by atoms with Crippen LogP contribution in [0.3, 0.4) is 0 Å². The maximum atomic E-state index is 13.7. The first kappa shape index (κ1) is 21.6. The van der Waals surface area contributed by atoms with Crippen LogP contribution in [-0.4, -0.2) is 44.9 Å². The van der Waals surface area contributed by atoms with Crippen molar-refractivity contribution >= 4 is 21.6 Å². The molecule has 1 amide bonds. The maximum Gasteiger partial charge on any atom is 0.243 e. The predicted octanol–water partition coefficient (Wildman–Crippen LogP) is 3.33. The molecule has 1 N–H and O–H groups in total. The summed E-state index contributed by atoms with van der Waals surface area (Å²) in [4.78, 5) is 12.7. The minimum Gasteiger partial charge on any atom is -0.490 e. The van der Waals surface area contributed by atoms with Gasteiger partial charge in [-0.1, -0.05) is 6.07 Å². The molecule has 2 heterocycles. The molecule has 0 bridgehead atoms. The minimum atomic E-state index is -3.71. The predicted molar refractivity (Wildman–Crippen MR) is 113 cm³/mol. The lowest BCUT2D eigenvalue weighted by Gasteiger charge is -2.30. The lowest BCUT2D eigenvalue weighted by Crippen LogP contribution is -2.41. The van der Waals surface area contributed by atoms with Crippen LogP contribution in [0, 0.1) is 18.7 Å². The summed E-state index contributed by atoms with van der Waals surface area (Å²) in [6.45, 7) is 3.13. The average molecular weight is 449 g/mol. The van der Waals surface area contributed by atoms with Crippen molar-refractivity contribution in [3.05, 3.63) is 47.8 Å². The summed E-state index contributed by atoms with van der Waals surface area (Å²) in [5.74, 6) is 0.0295. The van der Waals surface area contributed by atoms with Crippen molar-refractivity contribution in [2.75, 3.05) is 31.6 Å². The summed E-state index contributed by atoms with van der Waals surface area (Å²) >= 11 is 0. The highest BCUT2D eigenvalue weighted by Crippen LogP contribution is 2.34. The van der Waals surface area contributed by atoms with E-state index < -0.39 is 10.0 Å². The number of sulfonamides is 1. The number of hydrogen-bond acceptors (Lipinski definition) is 5. The molecule has 0 saturated carbocycles. The molecule has 1 saturated heterocycles. The second-order valence-electron chi connectivity index (χ2n) is 7.79. The maximum absolute atomic E-state index is 13.7. The molecular formula is C22H25FN2O5S. The topological polar surface area (TPSA) is 84.9 Å². The molecule has 0 spiro atoms. The van der Waals surface area contributed by atoms with Crippen molar-refractivity contribution in [1.82, 2.24) is 4.31 Å². The van der Waals surface area contributed by atoms with Crippen LogP contribution in [0.1, 0.15) is 24.8 Å². The summed E-state index contributed by atoms with van der Waals surface area (Å²) in [5, 5.41) is 2.73. The molecular weight excluding hydrogens is 423 g/mol. The summed E-state index contributed by atoms with van der Waals surface area (Å²) < 4.78 is 52.4. The Kier molecular flexibility index (Phi) is 6.15. The van der Waals surface area contributed by atoms with Gasteiger partial charge in [0, 0.05) is 37.2 Å². The van der Waals surface area contributed by atoms with Crippen molar-refractivity contribution in [1.29, 1.82) is 0 Å². The van der Waals surface area contributed by atoms with Crippen molar-refractivity contribution < 1.29 is 27.1 Å². The van der Waals surface area contributed by atoms with E-state index in [1.54, 1.807) is 25.1 Å². The Morgan fingerprint density at radius 3 is 2.48 bits per heavy atom. The third-order valence-corrected chi connectivity index (χ3v) is 7.52. The first-order valence-electron chi connectivity index (χ1n) is 10.3. The Morgan fingerprint density at radius 1 is 1.06 bits per heavy atom. The van der Waals surface area contributed by atoms with Gasteiger partial charge < -0.3 is 14.8 Å². The van der Waals surface area contributed by atoms with Gasteiger partial charge in [-0.05, 0) is 49.6 Å². The minimum absolute atomic E-state index is 0.148. The van der Waals surface area contributed by atoms with Gasteiger partial charge in [0.05, 0.1) is 18.1 Å². The van der Waals surface area contributed by atoms with Gasteiger partial charge in [-0.3, -0.25) is 4.79 Å². The highest BCUT2D eigenvalue weighted by atomic mass is 32.2. The van der Waals surface area contributed by atoms with Crippen LogP contribution >= 0.6 is 0 Å². The lowest BCUT2D eigenvalue weighted by molar-refractivity contribution is -0.120. The number of piperidine rings is 1. The standard InChI is InChI=1S/C22H25FN2O5S/c1-15-3-4-17(13-19(15)23)24-22(26)16-7-9-25(10-8-16)31(27,28)18-5-6-20-21(14-18)30-12-2-11-29-20/h3-6,13-14,16H,2,7-12H2,1H3,(H,24,26). The fourth-order valence-electron chi connectivity index (χ4n) is 3.73. The first-order chi connectivity index (χ1) is 14.8. The molecule has 2 aromatic rings. The number of amides is 1. The number of nitrogens with zero attached hydrogens (tertiary/aromatic N) is 1. The zero-order valence-corrected chi connectivity index (χ0v) is 18.1. The number of benzene rings is 2. The molecule has 2 aliphatic rings. The molecule has 0 radical (unpaired) electrons. The first-order valence-corrected chi connectivity index (χ1v) is 11.8. The number of aryl methyl sites for hydroxylation is 1. The van der Waals surface area contributed by atoms with E-state index in [-0.39, 0.29) is 35.6 Å². The van der Waals surface area contributed by atoms with E-state index in [2.05, 4.69) is 5.32 Å². The van der Waals surface area contributed by atoms with Crippen LogP contribution in [0.2, 0.25) is 0 Å². The fraction of sp³-hybridized carbons (Fsp3) is 0.409. The largest absolute Gasteiger partial charge is 0.490 e.